The Bertz CT molecular complexity index is 864. The molecule has 0 aliphatic carbocycles. The van der Waals surface area contributed by atoms with Gasteiger partial charge in [0, 0.05) is 32.1 Å². The highest BCUT2D eigenvalue weighted by molar-refractivity contribution is 5.80. The smallest absolute Gasteiger partial charge is 0.191 e. The van der Waals surface area contributed by atoms with Crippen molar-refractivity contribution >= 4 is 5.96 Å². The van der Waals surface area contributed by atoms with Crippen LogP contribution in [0.4, 0.5) is 0 Å². The highest BCUT2D eigenvalue weighted by atomic mass is 16.6. The third-order valence-corrected chi connectivity index (χ3v) is 5.49. The van der Waals surface area contributed by atoms with Crippen molar-refractivity contribution in [1.29, 1.82) is 0 Å². The molecule has 0 saturated carbocycles. The molecule has 1 atom stereocenters. The van der Waals surface area contributed by atoms with E-state index in [4.69, 9.17) is 14.5 Å². The maximum Gasteiger partial charge on any atom is 0.191 e. The summed E-state index contributed by atoms with van der Waals surface area (Å²) in [5.74, 6) is 4.21. The van der Waals surface area contributed by atoms with Crippen molar-refractivity contribution in [3.63, 3.8) is 0 Å². The molecule has 1 aromatic heterocycles. The molecule has 2 aromatic rings. The minimum Gasteiger partial charge on any atom is -0.486 e. The van der Waals surface area contributed by atoms with Crippen LogP contribution in [0, 0.1) is 5.92 Å². The maximum atomic E-state index is 5.70. The van der Waals surface area contributed by atoms with E-state index in [2.05, 4.69) is 65.2 Å². The molecule has 2 heterocycles. The predicted molar refractivity (Wildman–Crippen MR) is 128 cm³/mol. The number of hydrogen-bond donors (Lipinski definition) is 2. The minimum absolute atomic E-state index is 0.360. The van der Waals surface area contributed by atoms with Gasteiger partial charge in [0.15, 0.2) is 17.5 Å². The summed E-state index contributed by atoms with van der Waals surface area (Å²) in [5, 5.41) is 15.2. The molecule has 1 aliphatic heterocycles. The average molecular weight is 443 g/mol. The van der Waals surface area contributed by atoms with Gasteiger partial charge in [-0.2, -0.15) is 0 Å². The molecule has 0 radical (unpaired) electrons. The summed E-state index contributed by atoms with van der Waals surface area (Å²) in [4.78, 5) is 4.84. The van der Waals surface area contributed by atoms with E-state index in [9.17, 15) is 0 Å². The van der Waals surface area contributed by atoms with Gasteiger partial charge in [0.2, 0.25) is 0 Å². The molecule has 0 amide bonds. The molecule has 1 unspecified atom stereocenters. The van der Waals surface area contributed by atoms with E-state index >= 15 is 0 Å². The topological polar surface area (TPSA) is 85.6 Å². The second-order valence-electron chi connectivity index (χ2n) is 8.70. The molecule has 0 spiro atoms. The van der Waals surface area contributed by atoms with Gasteiger partial charge in [0.05, 0.1) is 0 Å². The van der Waals surface area contributed by atoms with Gasteiger partial charge >= 0.3 is 0 Å². The molecular formula is C24H38N6O2. The van der Waals surface area contributed by atoms with Crippen molar-refractivity contribution < 1.29 is 9.47 Å². The molecule has 1 aromatic carbocycles. The van der Waals surface area contributed by atoms with E-state index in [0.29, 0.717) is 31.7 Å². The molecular weight excluding hydrogens is 404 g/mol. The molecule has 1 aliphatic rings. The summed E-state index contributed by atoms with van der Waals surface area (Å²) < 4.78 is 13.4. The van der Waals surface area contributed by atoms with Gasteiger partial charge in [-0.3, -0.25) is 4.99 Å². The van der Waals surface area contributed by atoms with Crippen LogP contribution in [-0.2, 0) is 19.4 Å². The average Bonchev–Trinajstić information content (AvgIpc) is 3.25. The van der Waals surface area contributed by atoms with Crippen LogP contribution < -0.4 is 20.1 Å². The summed E-state index contributed by atoms with van der Waals surface area (Å²) in [7, 11) is 0. The van der Waals surface area contributed by atoms with Crippen molar-refractivity contribution in [2.24, 2.45) is 10.9 Å². The molecule has 8 nitrogen and oxygen atoms in total. The monoisotopic (exact) mass is 442 g/mol. The zero-order valence-electron chi connectivity index (χ0n) is 19.9. The first-order valence-corrected chi connectivity index (χ1v) is 11.8. The Labute approximate surface area is 191 Å². The number of aromatic nitrogens is 3. The van der Waals surface area contributed by atoms with Gasteiger partial charge in [-0.15, -0.1) is 10.2 Å². The van der Waals surface area contributed by atoms with Crippen LogP contribution in [0.3, 0.4) is 0 Å². The zero-order chi connectivity index (χ0) is 22.8. The Kier molecular flexibility index (Phi) is 9.19. The third-order valence-electron chi connectivity index (χ3n) is 5.49. The minimum atomic E-state index is 0.360. The predicted octanol–water partition coefficient (Wildman–Crippen LogP) is 3.21. The van der Waals surface area contributed by atoms with Gasteiger partial charge in [0.25, 0.3) is 0 Å². The van der Waals surface area contributed by atoms with Crippen LogP contribution in [0.5, 0.6) is 11.5 Å². The molecule has 32 heavy (non-hydrogen) atoms. The molecule has 0 saturated heterocycles. The summed E-state index contributed by atoms with van der Waals surface area (Å²) in [5.41, 5.74) is 1.20. The number of aliphatic imine (C=N–C) groups is 1. The second-order valence-corrected chi connectivity index (χ2v) is 8.70. The second kappa shape index (κ2) is 12.3. The molecule has 2 N–H and O–H groups in total. The van der Waals surface area contributed by atoms with E-state index in [-0.39, 0.29) is 0 Å². The van der Waals surface area contributed by atoms with E-state index in [1.54, 1.807) is 6.33 Å². The molecule has 0 fully saturated rings. The number of benzene rings is 1. The van der Waals surface area contributed by atoms with Gasteiger partial charge in [-0.25, -0.2) is 0 Å². The van der Waals surface area contributed by atoms with Gasteiger partial charge in [-0.1, -0.05) is 26.8 Å². The first-order chi connectivity index (χ1) is 15.5. The number of nitrogens with one attached hydrogen (secondary N) is 2. The Balaban J connectivity index is 1.56. The van der Waals surface area contributed by atoms with E-state index in [1.165, 1.54) is 12.0 Å². The number of ether oxygens (including phenoxy) is 2. The maximum absolute atomic E-state index is 5.70. The van der Waals surface area contributed by atoms with E-state index < -0.39 is 0 Å². The first-order valence-electron chi connectivity index (χ1n) is 11.8. The zero-order valence-corrected chi connectivity index (χ0v) is 19.9. The van der Waals surface area contributed by atoms with Crippen molar-refractivity contribution in [1.82, 2.24) is 25.4 Å². The fraction of sp³-hybridized carbons (Fsp3) is 0.625. The first kappa shape index (κ1) is 23.9. The number of nitrogens with zero attached hydrogens (tertiary/aromatic N) is 4. The third kappa shape index (κ3) is 7.43. The Hall–Kier alpha value is -2.77. The lowest BCUT2D eigenvalue weighted by atomic mass is 10.0. The summed E-state index contributed by atoms with van der Waals surface area (Å²) >= 11 is 0. The lowest BCUT2D eigenvalue weighted by Gasteiger charge is -2.20. The van der Waals surface area contributed by atoms with Gasteiger partial charge < -0.3 is 24.7 Å². The van der Waals surface area contributed by atoms with Crippen LogP contribution in [0.15, 0.2) is 29.5 Å². The lowest BCUT2D eigenvalue weighted by molar-refractivity contribution is 0.171. The van der Waals surface area contributed by atoms with Crippen molar-refractivity contribution in [3.8, 4) is 11.5 Å². The number of hydrogen-bond acceptors (Lipinski definition) is 5. The highest BCUT2D eigenvalue weighted by Gasteiger charge is 2.12. The Morgan fingerprint density at radius 1 is 1.16 bits per heavy atom. The number of aryl methyl sites for hydroxylation is 1. The summed E-state index contributed by atoms with van der Waals surface area (Å²) in [6.07, 6.45) is 5.82. The largest absolute Gasteiger partial charge is 0.486 e. The fourth-order valence-electron chi connectivity index (χ4n) is 3.62. The van der Waals surface area contributed by atoms with Gasteiger partial charge in [0.1, 0.15) is 25.4 Å². The van der Waals surface area contributed by atoms with Crippen LogP contribution in [-0.4, -0.2) is 53.1 Å². The summed E-state index contributed by atoms with van der Waals surface area (Å²) in [6, 6.07) is 6.50. The Morgan fingerprint density at radius 3 is 2.75 bits per heavy atom. The normalized spacial score (nSPS) is 14.5. The van der Waals surface area contributed by atoms with Crippen molar-refractivity contribution in [2.45, 2.75) is 66.0 Å². The van der Waals surface area contributed by atoms with Crippen molar-refractivity contribution in [2.75, 3.05) is 26.3 Å². The number of guanidine groups is 1. The standard InChI is InChI=1S/C24H38N6O2/c1-5-23-29-27-17-30(23)13-12-26-24(28-19(4)7-6-18(2)3)25-11-10-20-8-9-21-22(16-20)32-15-14-31-21/h8-9,16-19H,5-7,10-15H2,1-4H3,(H2,25,26,28). The number of rotatable bonds is 11. The van der Waals surface area contributed by atoms with Crippen LogP contribution in [0.2, 0.25) is 0 Å². The van der Waals surface area contributed by atoms with Crippen LogP contribution in [0.1, 0.15) is 51.9 Å². The van der Waals surface area contributed by atoms with Crippen LogP contribution in [0.25, 0.3) is 0 Å². The quantitative estimate of drug-likeness (QED) is 0.411. The van der Waals surface area contributed by atoms with Gasteiger partial charge in [-0.05, 0) is 49.8 Å². The summed E-state index contributed by atoms with van der Waals surface area (Å²) in [6.45, 7) is 12.3. The molecule has 176 valence electrons. The highest BCUT2D eigenvalue weighted by Crippen LogP contribution is 2.30. The van der Waals surface area contributed by atoms with E-state index in [0.717, 1.165) is 55.6 Å². The molecule has 8 heteroatoms. The Morgan fingerprint density at radius 2 is 1.97 bits per heavy atom. The van der Waals surface area contributed by atoms with Crippen molar-refractivity contribution in [3.05, 3.63) is 35.9 Å². The SMILES string of the molecule is CCc1nncn1CCNC(=NCCc1ccc2c(c1)OCCO2)NC(C)CCC(C)C. The molecule has 3 rings (SSSR count). The van der Waals surface area contributed by atoms with Crippen LogP contribution >= 0.6 is 0 Å². The van der Waals surface area contributed by atoms with E-state index in [1.807, 2.05) is 6.07 Å². The fourth-order valence-corrected chi connectivity index (χ4v) is 3.62. The lowest BCUT2D eigenvalue weighted by Crippen LogP contribution is -2.43. The number of fused-ring (bicyclic) bond motifs is 1. The molecule has 0 bridgehead atoms.